The van der Waals surface area contributed by atoms with Crippen LogP contribution in [0, 0.1) is 6.92 Å². The van der Waals surface area contributed by atoms with Crippen LogP contribution in [0.1, 0.15) is 34.8 Å². The molecule has 130 valence electrons. The molecule has 1 aromatic carbocycles. The van der Waals surface area contributed by atoms with Gasteiger partial charge in [0.2, 0.25) is 0 Å². The van der Waals surface area contributed by atoms with Crippen LogP contribution in [0.15, 0.2) is 35.9 Å². The summed E-state index contributed by atoms with van der Waals surface area (Å²) in [4.78, 5) is 15.9. The van der Waals surface area contributed by atoms with Crippen LogP contribution in [0.2, 0.25) is 0 Å². The Kier molecular flexibility index (Phi) is 4.59. The van der Waals surface area contributed by atoms with E-state index in [1.165, 1.54) is 11.8 Å². The van der Waals surface area contributed by atoms with Gasteiger partial charge in [-0.3, -0.25) is 4.79 Å². The zero-order valence-electron chi connectivity index (χ0n) is 14.2. The van der Waals surface area contributed by atoms with Crippen LogP contribution >= 0.6 is 11.8 Å². The zero-order chi connectivity index (χ0) is 17.2. The average molecular weight is 355 g/mol. The number of H-pyrrole nitrogens is 1. The summed E-state index contributed by atoms with van der Waals surface area (Å²) in [5.74, 6) is 0.474. The molecule has 0 aliphatic carbocycles. The highest BCUT2D eigenvalue weighted by Crippen LogP contribution is 2.27. The summed E-state index contributed by atoms with van der Waals surface area (Å²) in [7, 11) is 0. The van der Waals surface area contributed by atoms with Gasteiger partial charge in [-0.15, -0.1) is 10.2 Å². The minimum atomic E-state index is 0.113. The third-order valence-electron chi connectivity index (χ3n) is 4.75. The number of nitrogens with one attached hydrogen (secondary N) is 2. The molecule has 2 aromatic heterocycles. The Balaban J connectivity index is 1.50. The van der Waals surface area contributed by atoms with Crippen molar-refractivity contribution in [3.05, 3.63) is 41.9 Å². The number of nitrogens with zero attached hydrogens (tertiary/aromatic N) is 3. The van der Waals surface area contributed by atoms with Crippen LogP contribution in [0.5, 0.6) is 0 Å². The highest BCUT2D eigenvalue weighted by Gasteiger charge is 2.20. The van der Waals surface area contributed by atoms with Gasteiger partial charge in [0.05, 0.1) is 5.75 Å². The van der Waals surface area contributed by atoms with Gasteiger partial charge in [0.25, 0.3) is 0 Å². The average Bonchev–Trinajstić information content (AvgIpc) is 3.28. The molecule has 3 aromatic rings. The van der Waals surface area contributed by atoms with Crippen molar-refractivity contribution in [2.24, 2.45) is 0 Å². The lowest BCUT2D eigenvalue weighted by Crippen LogP contribution is -2.31. The first kappa shape index (κ1) is 16.4. The first-order valence-corrected chi connectivity index (χ1v) is 9.55. The van der Waals surface area contributed by atoms with E-state index in [0.29, 0.717) is 11.8 Å². The van der Waals surface area contributed by atoms with Crippen molar-refractivity contribution >= 4 is 28.4 Å². The molecule has 6 nitrogen and oxygen atoms in total. The lowest BCUT2D eigenvalue weighted by molar-refractivity contribution is 0.102. The Morgan fingerprint density at radius 2 is 2.36 bits per heavy atom. The van der Waals surface area contributed by atoms with Gasteiger partial charge in [-0.25, -0.2) is 0 Å². The Labute approximate surface area is 150 Å². The Hall–Kier alpha value is -2.12. The van der Waals surface area contributed by atoms with Crippen molar-refractivity contribution in [3.8, 4) is 0 Å². The number of hydrogen-bond donors (Lipinski definition) is 2. The van der Waals surface area contributed by atoms with E-state index in [9.17, 15) is 4.79 Å². The standard InChI is InChI=1S/C18H21N5OS/c1-12-4-2-6-15-17(12)14(9-20-15)16(24)10-25-18-22-21-11-23(18)13-5-3-7-19-8-13/h2,4,6,9,11,13,19-20H,3,5,7-8,10H2,1H3. The number of carbonyl (C=O) groups is 1. The predicted octanol–water partition coefficient (Wildman–Crippen LogP) is 2.97. The Morgan fingerprint density at radius 1 is 1.44 bits per heavy atom. The fourth-order valence-electron chi connectivity index (χ4n) is 3.45. The SMILES string of the molecule is Cc1cccc2[nH]cc(C(=O)CSc3nncn3C3CCCNC3)c12. The number of benzene rings is 1. The maximum Gasteiger partial charge on any atom is 0.191 e. The van der Waals surface area contributed by atoms with Crippen LogP contribution in [-0.4, -0.2) is 44.4 Å². The molecule has 4 rings (SSSR count). The first-order valence-electron chi connectivity index (χ1n) is 8.57. The number of rotatable bonds is 5. The highest BCUT2D eigenvalue weighted by atomic mass is 32.2. The minimum Gasteiger partial charge on any atom is -0.360 e. The van der Waals surface area contributed by atoms with Gasteiger partial charge in [-0.1, -0.05) is 23.9 Å². The van der Waals surface area contributed by atoms with E-state index in [0.717, 1.165) is 53.1 Å². The third kappa shape index (κ3) is 3.21. The molecule has 2 N–H and O–H groups in total. The first-order chi connectivity index (χ1) is 12.2. The second-order valence-electron chi connectivity index (χ2n) is 6.43. The lowest BCUT2D eigenvalue weighted by atomic mass is 10.1. The normalized spacial score (nSPS) is 17.9. The van der Waals surface area contributed by atoms with Crippen molar-refractivity contribution in [3.63, 3.8) is 0 Å². The molecule has 25 heavy (non-hydrogen) atoms. The molecule has 0 bridgehead atoms. The smallest absolute Gasteiger partial charge is 0.191 e. The van der Waals surface area contributed by atoms with Gasteiger partial charge in [-0.2, -0.15) is 0 Å². The summed E-state index contributed by atoms with van der Waals surface area (Å²) in [6, 6.07) is 6.40. The van der Waals surface area contributed by atoms with Crippen molar-refractivity contribution in [2.45, 2.75) is 31.0 Å². The maximum absolute atomic E-state index is 12.7. The molecule has 0 radical (unpaired) electrons. The topological polar surface area (TPSA) is 75.6 Å². The number of fused-ring (bicyclic) bond motifs is 1. The molecule has 1 aliphatic heterocycles. The van der Waals surface area contributed by atoms with Crippen LogP contribution < -0.4 is 5.32 Å². The third-order valence-corrected chi connectivity index (χ3v) is 5.71. The molecule has 7 heteroatoms. The predicted molar refractivity (Wildman–Crippen MR) is 99.3 cm³/mol. The quantitative estimate of drug-likeness (QED) is 0.544. The highest BCUT2D eigenvalue weighted by molar-refractivity contribution is 7.99. The summed E-state index contributed by atoms with van der Waals surface area (Å²) in [5, 5.41) is 13.5. The second-order valence-corrected chi connectivity index (χ2v) is 7.38. The molecule has 1 unspecified atom stereocenters. The number of aryl methyl sites for hydroxylation is 1. The van der Waals surface area contributed by atoms with Crippen molar-refractivity contribution in [1.29, 1.82) is 0 Å². The van der Waals surface area contributed by atoms with Crippen LogP contribution in [0.3, 0.4) is 0 Å². The summed E-state index contributed by atoms with van der Waals surface area (Å²) in [6.45, 7) is 4.04. The number of Topliss-reactive ketones (excluding diaryl/α,β-unsaturated/α-hetero) is 1. The molecule has 3 heterocycles. The fraction of sp³-hybridized carbons (Fsp3) is 0.389. The molecular weight excluding hydrogens is 334 g/mol. The molecule has 1 fully saturated rings. The van der Waals surface area contributed by atoms with E-state index in [4.69, 9.17) is 0 Å². The molecule has 0 saturated carbocycles. The minimum absolute atomic E-state index is 0.113. The molecule has 1 atom stereocenters. The summed E-state index contributed by atoms with van der Waals surface area (Å²) < 4.78 is 2.10. The van der Waals surface area contributed by atoms with E-state index in [-0.39, 0.29) is 5.78 Å². The zero-order valence-corrected chi connectivity index (χ0v) is 15.0. The summed E-state index contributed by atoms with van der Waals surface area (Å²) in [5.41, 5.74) is 2.87. The maximum atomic E-state index is 12.7. The van der Waals surface area contributed by atoms with Crippen molar-refractivity contribution < 1.29 is 4.79 Å². The molecule has 1 saturated heterocycles. The van der Waals surface area contributed by atoms with E-state index in [1.54, 1.807) is 6.33 Å². The van der Waals surface area contributed by atoms with Crippen LogP contribution in [0.25, 0.3) is 10.9 Å². The van der Waals surface area contributed by atoms with Crippen molar-refractivity contribution in [1.82, 2.24) is 25.1 Å². The van der Waals surface area contributed by atoms with E-state index in [2.05, 4.69) is 25.1 Å². The monoisotopic (exact) mass is 355 g/mol. The summed E-state index contributed by atoms with van der Waals surface area (Å²) >= 11 is 1.47. The van der Waals surface area contributed by atoms with Gasteiger partial charge in [-0.05, 0) is 37.9 Å². The number of carbonyl (C=O) groups excluding carboxylic acids is 1. The van der Waals surface area contributed by atoms with Gasteiger partial charge in [0, 0.05) is 35.2 Å². The fourth-order valence-corrected chi connectivity index (χ4v) is 4.32. The van der Waals surface area contributed by atoms with E-state index >= 15 is 0 Å². The van der Waals surface area contributed by atoms with Gasteiger partial charge in [0.15, 0.2) is 10.9 Å². The number of piperidine rings is 1. The number of hydrogen-bond acceptors (Lipinski definition) is 5. The molecule has 1 aliphatic rings. The second kappa shape index (κ2) is 7.01. The lowest BCUT2D eigenvalue weighted by Gasteiger charge is -2.24. The van der Waals surface area contributed by atoms with Crippen LogP contribution in [0.4, 0.5) is 0 Å². The number of aromatic amines is 1. The van der Waals surface area contributed by atoms with Crippen LogP contribution in [-0.2, 0) is 0 Å². The van der Waals surface area contributed by atoms with E-state index < -0.39 is 0 Å². The molecule has 0 amide bonds. The molecule has 0 spiro atoms. The number of thioether (sulfide) groups is 1. The number of ketones is 1. The number of aromatic nitrogens is 4. The van der Waals surface area contributed by atoms with Gasteiger partial charge < -0.3 is 14.9 Å². The Bertz CT molecular complexity index is 894. The summed E-state index contributed by atoms with van der Waals surface area (Å²) in [6.07, 6.45) is 5.87. The van der Waals surface area contributed by atoms with Gasteiger partial charge >= 0.3 is 0 Å². The Morgan fingerprint density at radius 3 is 3.20 bits per heavy atom. The molecular formula is C18H21N5OS. The largest absolute Gasteiger partial charge is 0.360 e. The van der Waals surface area contributed by atoms with Crippen molar-refractivity contribution in [2.75, 3.05) is 18.8 Å². The van der Waals surface area contributed by atoms with Gasteiger partial charge in [0.1, 0.15) is 6.33 Å². The van der Waals surface area contributed by atoms with E-state index in [1.807, 2.05) is 31.3 Å².